The molecule has 0 bridgehead atoms. The van der Waals surface area contributed by atoms with Crippen LogP contribution in [-0.2, 0) is 13.0 Å². The molecule has 0 aliphatic rings. The molecule has 108 valence electrons. The summed E-state index contributed by atoms with van der Waals surface area (Å²) in [6.45, 7) is 0.935. The molecule has 0 spiro atoms. The van der Waals surface area contributed by atoms with Crippen molar-refractivity contribution in [2.75, 3.05) is 6.54 Å². The second-order valence-electron chi connectivity index (χ2n) is 4.47. The fraction of sp³-hybridized carbons (Fsp3) is 0.231. The third kappa shape index (κ3) is 3.34. The number of hydrogen-bond acceptors (Lipinski definition) is 6. The minimum Gasteiger partial charge on any atom is -0.337 e. The summed E-state index contributed by atoms with van der Waals surface area (Å²) in [5.41, 5.74) is 7.22. The third-order valence-electron chi connectivity index (χ3n) is 2.83. The average Bonchev–Trinajstić information content (AvgIpc) is 3.10. The monoisotopic (exact) mass is 348 g/mol. The largest absolute Gasteiger partial charge is 0.337 e. The molecular weight excluding hydrogens is 336 g/mol. The molecule has 0 atom stereocenters. The van der Waals surface area contributed by atoms with E-state index in [-0.39, 0.29) is 0 Å². The van der Waals surface area contributed by atoms with Gasteiger partial charge in [0.15, 0.2) is 0 Å². The summed E-state index contributed by atoms with van der Waals surface area (Å²) in [5.74, 6) is 1.03. The molecule has 8 heteroatoms. The van der Waals surface area contributed by atoms with Crippen LogP contribution in [0.1, 0.15) is 11.6 Å². The van der Waals surface area contributed by atoms with Crippen LogP contribution < -0.4 is 5.73 Å². The summed E-state index contributed by atoms with van der Waals surface area (Å²) in [6.07, 6.45) is 2.53. The summed E-state index contributed by atoms with van der Waals surface area (Å²) >= 11 is 3.42. The lowest BCUT2D eigenvalue weighted by Crippen LogP contribution is -2.03. The van der Waals surface area contributed by atoms with Gasteiger partial charge < -0.3 is 10.3 Å². The van der Waals surface area contributed by atoms with Crippen LogP contribution in [0.3, 0.4) is 0 Å². The van der Waals surface area contributed by atoms with E-state index in [1.807, 2.05) is 30.5 Å². The van der Waals surface area contributed by atoms with E-state index in [4.69, 9.17) is 10.3 Å². The van der Waals surface area contributed by atoms with E-state index < -0.39 is 0 Å². The molecule has 7 nitrogen and oxygen atoms in total. The first-order valence-electron chi connectivity index (χ1n) is 6.42. The number of aromatic nitrogens is 5. The van der Waals surface area contributed by atoms with Crippen LogP contribution in [0.2, 0.25) is 0 Å². The van der Waals surface area contributed by atoms with E-state index in [9.17, 15) is 0 Å². The van der Waals surface area contributed by atoms with Gasteiger partial charge in [-0.3, -0.25) is 0 Å². The standard InChI is InChI=1S/C13H13BrN6O/c14-10-3-1-2-9(6-10)13-16-12(21-18-13)8-20-7-11(4-5-15)17-19-20/h1-3,6-7H,4-5,8,15H2. The third-order valence-corrected chi connectivity index (χ3v) is 3.33. The summed E-state index contributed by atoms with van der Waals surface area (Å²) < 4.78 is 7.87. The van der Waals surface area contributed by atoms with E-state index in [1.54, 1.807) is 4.68 Å². The van der Waals surface area contributed by atoms with Gasteiger partial charge in [0.1, 0.15) is 6.54 Å². The summed E-state index contributed by atoms with van der Waals surface area (Å²) in [7, 11) is 0. The molecule has 2 aromatic heterocycles. The van der Waals surface area contributed by atoms with E-state index in [0.717, 1.165) is 15.7 Å². The Morgan fingerprint density at radius 2 is 2.24 bits per heavy atom. The Balaban J connectivity index is 1.75. The zero-order valence-electron chi connectivity index (χ0n) is 11.1. The summed E-state index contributed by atoms with van der Waals surface area (Å²) in [4.78, 5) is 4.36. The topological polar surface area (TPSA) is 95.7 Å². The predicted molar refractivity (Wildman–Crippen MR) is 79.3 cm³/mol. The Morgan fingerprint density at radius 1 is 1.33 bits per heavy atom. The van der Waals surface area contributed by atoms with Crippen LogP contribution in [0.4, 0.5) is 0 Å². The van der Waals surface area contributed by atoms with Gasteiger partial charge in [0.2, 0.25) is 11.7 Å². The lowest BCUT2D eigenvalue weighted by atomic mass is 10.2. The molecular formula is C13H13BrN6O. The van der Waals surface area contributed by atoms with E-state index in [0.29, 0.717) is 31.2 Å². The molecule has 2 heterocycles. The molecule has 0 saturated carbocycles. The zero-order chi connectivity index (χ0) is 14.7. The van der Waals surface area contributed by atoms with Crippen LogP contribution in [0.15, 0.2) is 39.5 Å². The van der Waals surface area contributed by atoms with Crippen LogP contribution in [0.25, 0.3) is 11.4 Å². The maximum absolute atomic E-state index is 5.48. The van der Waals surface area contributed by atoms with Crippen molar-refractivity contribution >= 4 is 15.9 Å². The van der Waals surface area contributed by atoms with Crippen molar-refractivity contribution in [2.45, 2.75) is 13.0 Å². The first-order valence-corrected chi connectivity index (χ1v) is 7.21. The number of halogens is 1. The second kappa shape index (κ2) is 6.15. The minimum absolute atomic E-state index is 0.387. The van der Waals surface area contributed by atoms with E-state index in [1.165, 1.54) is 0 Å². The van der Waals surface area contributed by atoms with Gasteiger partial charge in [-0.15, -0.1) is 5.10 Å². The molecule has 3 rings (SSSR count). The van der Waals surface area contributed by atoms with E-state index in [2.05, 4.69) is 36.4 Å². The van der Waals surface area contributed by atoms with Gasteiger partial charge >= 0.3 is 0 Å². The number of nitrogens with zero attached hydrogens (tertiary/aromatic N) is 5. The number of hydrogen-bond donors (Lipinski definition) is 1. The van der Waals surface area contributed by atoms with Gasteiger partial charge in [0, 0.05) is 22.7 Å². The highest BCUT2D eigenvalue weighted by molar-refractivity contribution is 9.10. The lowest BCUT2D eigenvalue weighted by molar-refractivity contribution is 0.364. The minimum atomic E-state index is 0.387. The smallest absolute Gasteiger partial charge is 0.248 e. The molecule has 2 N–H and O–H groups in total. The normalized spacial score (nSPS) is 11.0. The Kier molecular flexibility index (Phi) is 4.07. The molecule has 21 heavy (non-hydrogen) atoms. The Morgan fingerprint density at radius 3 is 3.05 bits per heavy atom. The zero-order valence-corrected chi connectivity index (χ0v) is 12.7. The van der Waals surface area contributed by atoms with Gasteiger partial charge in [-0.2, -0.15) is 4.98 Å². The molecule has 0 saturated heterocycles. The fourth-order valence-corrected chi connectivity index (χ4v) is 2.28. The fourth-order valence-electron chi connectivity index (χ4n) is 1.88. The van der Waals surface area contributed by atoms with Crippen molar-refractivity contribution in [2.24, 2.45) is 5.73 Å². The molecule has 0 radical (unpaired) electrons. The van der Waals surface area contributed by atoms with Crippen LogP contribution in [-0.4, -0.2) is 31.7 Å². The van der Waals surface area contributed by atoms with Crippen LogP contribution >= 0.6 is 15.9 Å². The SMILES string of the molecule is NCCc1cn(Cc2nc(-c3cccc(Br)c3)no2)nn1. The van der Waals surface area contributed by atoms with Crippen molar-refractivity contribution in [3.63, 3.8) is 0 Å². The summed E-state index contributed by atoms with van der Waals surface area (Å²) in [5, 5.41) is 12.0. The predicted octanol–water partition coefficient (Wildman–Crippen LogP) is 1.64. The average molecular weight is 349 g/mol. The molecule has 0 aliphatic carbocycles. The van der Waals surface area contributed by atoms with Crippen LogP contribution in [0.5, 0.6) is 0 Å². The van der Waals surface area contributed by atoms with Crippen molar-refractivity contribution < 1.29 is 4.52 Å². The van der Waals surface area contributed by atoms with Crippen LogP contribution in [0, 0.1) is 0 Å². The Labute approximate surface area is 129 Å². The first-order chi connectivity index (χ1) is 10.2. The van der Waals surface area contributed by atoms with Gasteiger partial charge in [-0.1, -0.05) is 38.4 Å². The summed E-state index contributed by atoms with van der Waals surface area (Å²) in [6, 6.07) is 7.72. The Hall–Kier alpha value is -2.06. The number of nitrogens with two attached hydrogens (primary N) is 1. The van der Waals surface area contributed by atoms with Gasteiger partial charge in [0.05, 0.1) is 5.69 Å². The maximum atomic E-state index is 5.48. The first kappa shape index (κ1) is 13.9. The van der Waals surface area contributed by atoms with Crippen molar-refractivity contribution in [1.82, 2.24) is 25.1 Å². The number of benzene rings is 1. The molecule has 0 aliphatic heterocycles. The van der Waals surface area contributed by atoms with E-state index >= 15 is 0 Å². The molecule has 0 amide bonds. The van der Waals surface area contributed by atoms with Gasteiger partial charge in [0.25, 0.3) is 0 Å². The molecule has 0 unspecified atom stereocenters. The van der Waals surface area contributed by atoms with Gasteiger partial charge in [-0.25, -0.2) is 4.68 Å². The van der Waals surface area contributed by atoms with Crippen molar-refractivity contribution in [1.29, 1.82) is 0 Å². The second-order valence-corrected chi connectivity index (χ2v) is 5.38. The van der Waals surface area contributed by atoms with Crippen molar-refractivity contribution in [3.8, 4) is 11.4 Å². The molecule has 1 aromatic carbocycles. The highest BCUT2D eigenvalue weighted by Crippen LogP contribution is 2.20. The van der Waals surface area contributed by atoms with Crippen molar-refractivity contribution in [3.05, 3.63) is 46.5 Å². The quantitative estimate of drug-likeness (QED) is 0.752. The Bertz CT molecular complexity index is 738. The van der Waals surface area contributed by atoms with Gasteiger partial charge in [-0.05, 0) is 18.7 Å². The number of rotatable bonds is 5. The molecule has 3 aromatic rings. The maximum Gasteiger partial charge on any atom is 0.248 e. The highest BCUT2D eigenvalue weighted by Gasteiger charge is 2.10. The lowest BCUT2D eigenvalue weighted by Gasteiger charge is -1.94. The molecule has 0 fully saturated rings. The highest BCUT2D eigenvalue weighted by atomic mass is 79.9.